The van der Waals surface area contributed by atoms with Crippen molar-refractivity contribution < 1.29 is 12.8 Å². The number of benzene rings is 1. The van der Waals surface area contributed by atoms with Crippen LogP contribution in [0.2, 0.25) is 0 Å². The third kappa shape index (κ3) is 4.94. The molecule has 0 radical (unpaired) electrons. The van der Waals surface area contributed by atoms with Gasteiger partial charge in [-0.3, -0.25) is 0 Å². The van der Waals surface area contributed by atoms with Gasteiger partial charge in [-0.15, -0.1) is 0 Å². The van der Waals surface area contributed by atoms with Gasteiger partial charge in [-0.25, -0.2) is 12.8 Å². The van der Waals surface area contributed by atoms with Crippen molar-refractivity contribution in [2.75, 3.05) is 0 Å². The zero-order chi connectivity index (χ0) is 12.4. The third-order valence-electron chi connectivity index (χ3n) is 2.06. The van der Waals surface area contributed by atoms with Crippen LogP contribution in [0.15, 0.2) is 24.3 Å². The lowest BCUT2D eigenvalue weighted by Crippen LogP contribution is -2.17. The van der Waals surface area contributed by atoms with Crippen LogP contribution in [0.3, 0.4) is 0 Å². The zero-order valence-corrected chi connectivity index (χ0v) is 10.8. The normalized spacial score (nSPS) is 12.8. The highest BCUT2D eigenvalue weighted by molar-refractivity contribution is 8.13. The second kappa shape index (κ2) is 4.72. The molecule has 0 heterocycles. The molecule has 0 spiro atoms. The summed E-state index contributed by atoms with van der Waals surface area (Å²) in [4.78, 5) is 0. The van der Waals surface area contributed by atoms with Crippen molar-refractivity contribution in [3.05, 3.63) is 35.4 Å². The van der Waals surface area contributed by atoms with Crippen LogP contribution in [-0.2, 0) is 21.2 Å². The Hall–Kier alpha value is -0.610. The monoisotopic (exact) mass is 264 g/mol. The predicted octanol–water partition coefficient (Wildman–Crippen LogP) is 3.05. The van der Waals surface area contributed by atoms with Crippen LogP contribution < -0.4 is 0 Å². The molecule has 0 saturated heterocycles. The van der Waals surface area contributed by atoms with Crippen molar-refractivity contribution in [1.82, 2.24) is 0 Å². The Bertz CT molecular complexity index is 463. The van der Waals surface area contributed by atoms with Gasteiger partial charge in [0.2, 0.25) is 9.05 Å². The molecular weight excluding hydrogens is 251 g/mol. The minimum atomic E-state index is -3.61. The van der Waals surface area contributed by atoms with E-state index in [9.17, 15) is 12.8 Å². The summed E-state index contributed by atoms with van der Waals surface area (Å²) in [5, 5.41) is 0. The van der Waals surface area contributed by atoms with Gasteiger partial charge in [0.05, 0.1) is 5.75 Å². The highest BCUT2D eigenvalue weighted by Gasteiger charge is 2.19. The number of alkyl halides is 1. The van der Waals surface area contributed by atoms with Crippen LogP contribution in [0.25, 0.3) is 0 Å². The van der Waals surface area contributed by atoms with Gasteiger partial charge in [0, 0.05) is 17.1 Å². The Morgan fingerprint density at radius 2 is 1.75 bits per heavy atom. The van der Waals surface area contributed by atoms with Crippen LogP contribution in [0.5, 0.6) is 0 Å². The maximum Gasteiger partial charge on any atom is 0.236 e. The average molecular weight is 265 g/mol. The van der Waals surface area contributed by atoms with E-state index < -0.39 is 14.7 Å². The first-order valence-corrected chi connectivity index (χ1v) is 7.33. The van der Waals surface area contributed by atoms with Crippen molar-refractivity contribution in [3.63, 3.8) is 0 Å². The smallest absolute Gasteiger partial charge is 0.236 e. The van der Waals surface area contributed by atoms with Crippen molar-refractivity contribution in [1.29, 1.82) is 0 Å². The fourth-order valence-electron chi connectivity index (χ4n) is 1.51. The molecule has 0 atom stereocenters. The van der Waals surface area contributed by atoms with Gasteiger partial charge in [-0.1, -0.05) is 24.3 Å². The van der Waals surface area contributed by atoms with Gasteiger partial charge in [-0.05, 0) is 25.0 Å². The summed E-state index contributed by atoms with van der Waals surface area (Å²) in [5.41, 5.74) is -0.130. The number of hydrogen-bond acceptors (Lipinski definition) is 2. The summed E-state index contributed by atoms with van der Waals surface area (Å²) in [5.74, 6) is -0.263. The van der Waals surface area contributed by atoms with Crippen molar-refractivity contribution >= 4 is 19.7 Å². The first-order valence-electron chi connectivity index (χ1n) is 4.85. The van der Waals surface area contributed by atoms with E-state index in [-0.39, 0.29) is 12.2 Å². The Labute approximate surface area is 99.9 Å². The number of halogens is 2. The lowest BCUT2D eigenvalue weighted by molar-refractivity contribution is 0.217. The van der Waals surface area contributed by atoms with Crippen LogP contribution in [0.4, 0.5) is 4.39 Å². The molecule has 1 aromatic carbocycles. The molecule has 0 N–H and O–H groups in total. The summed E-state index contributed by atoms with van der Waals surface area (Å²) >= 11 is 0. The van der Waals surface area contributed by atoms with Gasteiger partial charge in [0.1, 0.15) is 5.67 Å². The summed E-state index contributed by atoms with van der Waals surface area (Å²) in [6, 6.07) is 6.84. The Kier molecular flexibility index (Phi) is 3.97. The summed E-state index contributed by atoms with van der Waals surface area (Å²) in [7, 11) is 1.58. The molecule has 0 aromatic heterocycles. The Morgan fingerprint density at radius 1 is 1.25 bits per heavy atom. The molecule has 0 fully saturated rings. The number of rotatable bonds is 4. The van der Waals surface area contributed by atoms with Crippen LogP contribution >= 0.6 is 10.7 Å². The highest BCUT2D eigenvalue weighted by Crippen LogP contribution is 2.22. The molecule has 0 amide bonds. The highest BCUT2D eigenvalue weighted by atomic mass is 35.7. The molecule has 16 heavy (non-hydrogen) atoms. The maximum absolute atomic E-state index is 13.5. The summed E-state index contributed by atoms with van der Waals surface area (Å²) in [6.07, 6.45) is 0.176. The van der Waals surface area contributed by atoms with E-state index in [1.807, 2.05) is 0 Å². The maximum atomic E-state index is 13.5. The van der Waals surface area contributed by atoms with Crippen molar-refractivity contribution in [3.8, 4) is 0 Å². The van der Waals surface area contributed by atoms with Crippen LogP contribution in [-0.4, -0.2) is 14.1 Å². The van der Waals surface area contributed by atoms with Crippen LogP contribution in [0, 0.1) is 0 Å². The number of hydrogen-bond donors (Lipinski definition) is 0. The fourth-order valence-corrected chi connectivity index (χ4v) is 2.52. The molecule has 5 heteroatoms. The molecule has 1 aromatic rings. The molecular formula is C11H14ClFO2S. The molecule has 0 bridgehead atoms. The minimum Gasteiger partial charge on any atom is -0.244 e. The predicted molar refractivity (Wildman–Crippen MR) is 63.8 cm³/mol. The third-order valence-corrected chi connectivity index (χ3v) is 3.04. The summed E-state index contributed by atoms with van der Waals surface area (Å²) < 4.78 is 35.5. The van der Waals surface area contributed by atoms with Crippen LogP contribution in [0.1, 0.15) is 25.0 Å². The summed E-state index contributed by atoms with van der Waals surface area (Å²) in [6.45, 7) is 2.91. The fraction of sp³-hybridized carbons (Fsp3) is 0.455. The second-order valence-electron chi connectivity index (χ2n) is 4.35. The molecule has 1 rings (SSSR count). The quantitative estimate of drug-likeness (QED) is 0.784. The first kappa shape index (κ1) is 13.5. The molecule has 0 aliphatic carbocycles. The molecule has 0 unspecified atom stereocenters. The second-order valence-corrected chi connectivity index (χ2v) is 7.12. The van der Waals surface area contributed by atoms with Gasteiger partial charge in [0.25, 0.3) is 0 Å². The van der Waals surface area contributed by atoms with E-state index in [0.29, 0.717) is 11.1 Å². The Balaban J connectivity index is 3.01. The molecule has 0 saturated carbocycles. The van der Waals surface area contributed by atoms with E-state index in [1.54, 1.807) is 24.3 Å². The van der Waals surface area contributed by atoms with Gasteiger partial charge >= 0.3 is 0 Å². The van der Waals surface area contributed by atoms with Crippen molar-refractivity contribution in [2.24, 2.45) is 0 Å². The van der Waals surface area contributed by atoms with E-state index >= 15 is 0 Å². The zero-order valence-electron chi connectivity index (χ0n) is 9.20. The largest absolute Gasteiger partial charge is 0.244 e. The molecule has 2 nitrogen and oxygen atoms in total. The van der Waals surface area contributed by atoms with Gasteiger partial charge in [0.15, 0.2) is 0 Å². The van der Waals surface area contributed by atoms with E-state index in [1.165, 1.54) is 13.8 Å². The molecule has 90 valence electrons. The average Bonchev–Trinajstić information content (AvgIpc) is 2.03. The molecule has 0 aliphatic heterocycles. The van der Waals surface area contributed by atoms with E-state index in [0.717, 1.165) is 0 Å². The standard InChI is InChI=1S/C11H14ClFO2S/c1-11(2,13)7-9-5-3-4-6-10(9)8-16(12,14)15/h3-6H,7-8H2,1-2H3. The van der Waals surface area contributed by atoms with E-state index in [2.05, 4.69) is 0 Å². The SMILES string of the molecule is CC(C)(F)Cc1ccccc1CS(=O)(=O)Cl. The lowest BCUT2D eigenvalue weighted by atomic mass is 9.97. The topological polar surface area (TPSA) is 34.1 Å². The van der Waals surface area contributed by atoms with Crippen molar-refractivity contribution in [2.45, 2.75) is 31.7 Å². The van der Waals surface area contributed by atoms with E-state index in [4.69, 9.17) is 10.7 Å². The lowest BCUT2D eigenvalue weighted by Gasteiger charge is -2.16. The minimum absolute atomic E-state index is 0.176. The first-order chi connectivity index (χ1) is 7.17. The Morgan fingerprint density at radius 3 is 2.19 bits per heavy atom. The molecule has 0 aliphatic rings. The van der Waals surface area contributed by atoms with Gasteiger partial charge < -0.3 is 0 Å². The van der Waals surface area contributed by atoms with Gasteiger partial charge in [-0.2, -0.15) is 0 Å².